The van der Waals surface area contributed by atoms with Gasteiger partial charge in [-0.3, -0.25) is 9.59 Å². The number of rotatable bonds is 4. The molecule has 5 nitrogen and oxygen atoms in total. The van der Waals surface area contributed by atoms with Gasteiger partial charge in [0.25, 0.3) is 0 Å². The fourth-order valence-corrected chi connectivity index (χ4v) is 5.29. The van der Waals surface area contributed by atoms with Crippen LogP contribution in [0.2, 0.25) is 0 Å². The van der Waals surface area contributed by atoms with Crippen molar-refractivity contribution in [3.8, 4) is 0 Å². The van der Waals surface area contributed by atoms with Gasteiger partial charge in [0.05, 0.1) is 5.92 Å². The Balaban J connectivity index is 0.00000240. The van der Waals surface area contributed by atoms with Crippen LogP contribution in [0, 0.1) is 17.8 Å². The number of fused-ring (bicyclic) bond motifs is 1. The smallest absolute Gasteiger partial charge is 0.231 e. The topological polar surface area (TPSA) is 61.4 Å². The van der Waals surface area contributed by atoms with Crippen molar-refractivity contribution in [3.63, 3.8) is 0 Å². The Morgan fingerprint density at radius 1 is 1.10 bits per heavy atom. The van der Waals surface area contributed by atoms with Crippen molar-refractivity contribution in [1.29, 1.82) is 0 Å². The third-order valence-electron chi connectivity index (χ3n) is 6.83. The van der Waals surface area contributed by atoms with Crippen LogP contribution in [0.4, 0.5) is 5.69 Å². The number of amides is 2. The Kier molecular flexibility index (Phi) is 7.58. The van der Waals surface area contributed by atoms with E-state index in [0.717, 1.165) is 57.4 Å². The number of nitrogens with zero attached hydrogens (tertiary/aromatic N) is 1. The zero-order valence-corrected chi connectivity index (χ0v) is 18.2. The summed E-state index contributed by atoms with van der Waals surface area (Å²) in [6.45, 7) is 4.91. The van der Waals surface area contributed by atoms with Crippen molar-refractivity contribution >= 4 is 29.9 Å². The number of anilines is 1. The largest absolute Gasteiger partial charge is 0.356 e. The molecular weight excluding hydrogens is 386 g/mol. The summed E-state index contributed by atoms with van der Waals surface area (Å²) in [5.41, 5.74) is 2.28. The van der Waals surface area contributed by atoms with Gasteiger partial charge in [0, 0.05) is 24.2 Å². The van der Waals surface area contributed by atoms with Crippen LogP contribution in [-0.4, -0.2) is 37.5 Å². The number of hydrogen-bond donors (Lipinski definition) is 2. The van der Waals surface area contributed by atoms with E-state index in [-0.39, 0.29) is 42.1 Å². The minimum atomic E-state index is -0.188. The number of para-hydroxylation sites is 1. The van der Waals surface area contributed by atoms with Crippen LogP contribution in [-0.2, 0) is 16.0 Å². The number of carbonyl (C=O) groups is 2. The second kappa shape index (κ2) is 9.94. The van der Waals surface area contributed by atoms with Crippen molar-refractivity contribution in [1.82, 2.24) is 10.6 Å². The van der Waals surface area contributed by atoms with Crippen LogP contribution in [0.1, 0.15) is 51.0 Å². The van der Waals surface area contributed by atoms with Gasteiger partial charge < -0.3 is 15.5 Å². The second-order valence-corrected chi connectivity index (χ2v) is 8.85. The van der Waals surface area contributed by atoms with Crippen molar-refractivity contribution < 1.29 is 9.59 Å². The number of halogens is 1. The van der Waals surface area contributed by atoms with Gasteiger partial charge in [-0.05, 0) is 69.7 Å². The first-order valence-electron chi connectivity index (χ1n) is 11.0. The van der Waals surface area contributed by atoms with Gasteiger partial charge in [0.1, 0.15) is 0 Å². The number of piperidine rings is 1. The first-order valence-corrected chi connectivity index (χ1v) is 11.0. The van der Waals surface area contributed by atoms with Crippen molar-refractivity contribution in [2.24, 2.45) is 17.8 Å². The standard InChI is InChI=1S/C23H33N3O2.ClH/c1-16-13-18-8-2-5-11-21(18)26(16)23(28)20-10-4-3-9-19(20)22(27)25-15-17-7-6-12-24-14-17;/h2,5,8,11,16-17,19-20,24H,3-4,6-7,9-10,12-15H2,1H3,(H,25,27);1H. The quantitative estimate of drug-likeness (QED) is 0.787. The molecule has 3 aliphatic rings. The van der Waals surface area contributed by atoms with E-state index in [1.807, 2.05) is 23.1 Å². The molecular formula is C23H34ClN3O2. The molecule has 0 aromatic heterocycles. The molecule has 1 saturated heterocycles. The maximum atomic E-state index is 13.5. The summed E-state index contributed by atoms with van der Waals surface area (Å²) >= 11 is 0. The van der Waals surface area contributed by atoms with Crippen molar-refractivity contribution in [2.75, 3.05) is 24.5 Å². The highest BCUT2D eigenvalue weighted by molar-refractivity contribution is 6.00. The Morgan fingerprint density at radius 3 is 2.62 bits per heavy atom. The van der Waals surface area contributed by atoms with E-state index in [2.05, 4.69) is 23.6 Å². The molecule has 6 heteroatoms. The highest BCUT2D eigenvalue weighted by atomic mass is 35.5. The lowest BCUT2D eigenvalue weighted by Gasteiger charge is -2.35. The summed E-state index contributed by atoms with van der Waals surface area (Å²) in [6, 6.07) is 8.37. The Hall–Kier alpha value is -1.59. The molecule has 2 aliphatic heterocycles. The minimum absolute atomic E-state index is 0. The van der Waals surface area contributed by atoms with Crippen LogP contribution in [0.25, 0.3) is 0 Å². The molecule has 2 amide bonds. The predicted octanol–water partition coefficient (Wildman–Crippen LogP) is 3.31. The number of nitrogens with one attached hydrogen (secondary N) is 2. The molecule has 4 atom stereocenters. The number of carbonyl (C=O) groups excluding carboxylic acids is 2. The molecule has 0 spiro atoms. The summed E-state index contributed by atoms with van der Waals surface area (Å²) in [5.74, 6) is 0.380. The summed E-state index contributed by atoms with van der Waals surface area (Å²) in [7, 11) is 0. The Morgan fingerprint density at radius 2 is 1.86 bits per heavy atom. The van der Waals surface area contributed by atoms with Crippen LogP contribution < -0.4 is 15.5 Å². The van der Waals surface area contributed by atoms with Crippen molar-refractivity contribution in [2.45, 2.75) is 57.9 Å². The van der Waals surface area contributed by atoms with Gasteiger partial charge in [-0.15, -0.1) is 12.4 Å². The van der Waals surface area contributed by atoms with E-state index in [0.29, 0.717) is 5.92 Å². The molecule has 4 unspecified atom stereocenters. The van der Waals surface area contributed by atoms with Crippen molar-refractivity contribution in [3.05, 3.63) is 29.8 Å². The molecule has 160 valence electrons. The van der Waals surface area contributed by atoms with Crippen LogP contribution in [0.5, 0.6) is 0 Å². The van der Waals surface area contributed by atoms with E-state index in [1.165, 1.54) is 18.4 Å². The minimum Gasteiger partial charge on any atom is -0.356 e. The Bertz CT molecular complexity index is 720. The van der Waals surface area contributed by atoms with Crippen LogP contribution in [0.3, 0.4) is 0 Å². The second-order valence-electron chi connectivity index (χ2n) is 8.85. The Labute approximate surface area is 180 Å². The summed E-state index contributed by atoms with van der Waals surface area (Å²) in [4.78, 5) is 28.5. The monoisotopic (exact) mass is 419 g/mol. The van der Waals surface area contributed by atoms with E-state index < -0.39 is 0 Å². The predicted molar refractivity (Wildman–Crippen MR) is 118 cm³/mol. The highest BCUT2D eigenvalue weighted by Gasteiger charge is 2.41. The lowest BCUT2D eigenvalue weighted by Crippen LogP contribution is -2.48. The number of benzene rings is 1. The zero-order valence-electron chi connectivity index (χ0n) is 17.4. The molecule has 0 bridgehead atoms. The third-order valence-corrected chi connectivity index (χ3v) is 6.83. The first-order chi connectivity index (χ1) is 13.6. The van der Waals surface area contributed by atoms with E-state index >= 15 is 0 Å². The van der Waals surface area contributed by atoms with E-state index in [4.69, 9.17) is 0 Å². The van der Waals surface area contributed by atoms with Gasteiger partial charge in [-0.1, -0.05) is 31.0 Å². The maximum absolute atomic E-state index is 13.5. The normalized spacial score (nSPS) is 28.9. The molecule has 2 heterocycles. The molecule has 1 aliphatic carbocycles. The fraction of sp³-hybridized carbons (Fsp3) is 0.652. The highest BCUT2D eigenvalue weighted by Crippen LogP contribution is 2.38. The molecule has 2 fully saturated rings. The van der Waals surface area contributed by atoms with E-state index in [9.17, 15) is 9.59 Å². The number of hydrogen-bond acceptors (Lipinski definition) is 3. The molecule has 29 heavy (non-hydrogen) atoms. The zero-order chi connectivity index (χ0) is 19.5. The maximum Gasteiger partial charge on any atom is 0.231 e. The average molecular weight is 420 g/mol. The SMILES string of the molecule is CC1Cc2ccccc2N1C(=O)C1CCCCC1C(=O)NCC1CCCNC1.Cl. The average Bonchev–Trinajstić information content (AvgIpc) is 3.08. The van der Waals surface area contributed by atoms with Gasteiger partial charge >= 0.3 is 0 Å². The molecule has 1 aromatic rings. The first kappa shape index (κ1) is 22.1. The molecule has 1 aromatic carbocycles. The molecule has 0 radical (unpaired) electrons. The van der Waals surface area contributed by atoms with Gasteiger partial charge in [0.15, 0.2) is 0 Å². The molecule has 1 saturated carbocycles. The lowest BCUT2D eigenvalue weighted by molar-refractivity contribution is -0.135. The third kappa shape index (κ3) is 4.77. The van der Waals surface area contributed by atoms with Gasteiger partial charge in [-0.25, -0.2) is 0 Å². The summed E-state index contributed by atoms with van der Waals surface area (Å²) < 4.78 is 0. The van der Waals surface area contributed by atoms with Gasteiger partial charge in [-0.2, -0.15) is 0 Å². The molecule has 2 N–H and O–H groups in total. The fourth-order valence-electron chi connectivity index (χ4n) is 5.29. The summed E-state index contributed by atoms with van der Waals surface area (Å²) in [6.07, 6.45) is 6.98. The van der Waals surface area contributed by atoms with E-state index in [1.54, 1.807) is 0 Å². The lowest BCUT2D eigenvalue weighted by atomic mass is 9.77. The molecule has 4 rings (SSSR count). The van der Waals surface area contributed by atoms with Crippen LogP contribution >= 0.6 is 12.4 Å². The summed E-state index contributed by atoms with van der Waals surface area (Å²) in [5, 5.41) is 6.58. The van der Waals surface area contributed by atoms with Crippen LogP contribution in [0.15, 0.2) is 24.3 Å². The van der Waals surface area contributed by atoms with Gasteiger partial charge in [0.2, 0.25) is 11.8 Å².